The maximum Gasteiger partial charge on any atom is 0.302 e. The van der Waals surface area contributed by atoms with E-state index < -0.39 is 0 Å². The van der Waals surface area contributed by atoms with Crippen molar-refractivity contribution in [2.75, 3.05) is 0 Å². The van der Waals surface area contributed by atoms with E-state index in [1.165, 1.54) is 0 Å². The molecule has 0 saturated heterocycles. The maximum absolute atomic E-state index is 12.2. The van der Waals surface area contributed by atoms with Crippen LogP contribution in [0.3, 0.4) is 0 Å². The molecule has 0 atom stereocenters. The summed E-state index contributed by atoms with van der Waals surface area (Å²) in [5.74, 6) is 0.590. The third-order valence-corrected chi connectivity index (χ3v) is 4.38. The van der Waals surface area contributed by atoms with Crippen LogP contribution < -0.4 is 10.3 Å². The first-order chi connectivity index (χ1) is 13.3. The number of hydrogen-bond donors (Lipinski definition) is 2. The summed E-state index contributed by atoms with van der Waals surface area (Å²) < 4.78 is 5.78. The molecule has 0 amide bonds. The lowest BCUT2D eigenvalue weighted by atomic mass is 10.1. The van der Waals surface area contributed by atoms with Crippen molar-refractivity contribution in [1.82, 2.24) is 19.9 Å². The molecule has 0 aliphatic heterocycles. The average Bonchev–Trinajstić information content (AvgIpc) is 3.12. The Hall–Kier alpha value is -3.93. The zero-order valence-corrected chi connectivity index (χ0v) is 14.1. The molecule has 27 heavy (non-hydrogen) atoms. The molecule has 6 heteroatoms. The van der Waals surface area contributed by atoms with Gasteiger partial charge in [-0.05, 0) is 35.9 Å². The van der Waals surface area contributed by atoms with Gasteiger partial charge < -0.3 is 9.72 Å². The number of H-pyrrole nitrogens is 2. The van der Waals surface area contributed by atoms with E-state index in [9.17, 15) is 4.79 Å². The van der Waals surface area contributed by atoms with Gasteiger partial charge >= 0.3 is 6.01 Å². The summed E-state index contributed by atoms with van der Waals surface area (Å²) in [7, 11) is 0. The molecule has 0 bridgehead atoms. The number of fused-ring (bicyclic) bond motifs is 2. The molecule has 0 saturated carbocycles. The number of aromatic amines is 2. The standard InChI is InChI=1S/C21H14N4O2/c26-20-16-8-9-22-12-19(16)24-21(25-20)27-15-6-7-17-14(10-15)11-18(23-17)13-4-2-1-3-5-13/h1-12,23H,(H,24,25,26). The number of benzene rings is 2. The molecule has 0 aliphatic carbocycles. The van der Waals surface area contributed by atoms with Gasteiger partial charge in [0.25, 0.3) is 5.56 Å². The number of nitrogens with zero attached hydrogens (tertiary/aromatic N) is 2. The summed E-state index contributed by atoms with van der Waals surface area (Å²) in [5, 5.41) is 1.49. The van der Waals surface area contributed by atoms with Crippen molar-refractivity contribution < 1.29 is 4.74 Å². The van der Waals surface area contributed by atoms with Gasteiger partial charge in [0.05, 0.1) is 17.1 Å². The fourth-order valence-electron chi connectivity index (χ4n) is 3.08. The molecule has 5 rings (SSSR count). The molecule has 0 unspecified atom stereocenters. The highest BCUT2D eigenvalue weighted by atomic mass is 16.5. The van der Waals surface area contributed by atoms with Crippen LogP contribution in [0.2, 0.25) is 0 Å². The van der Waals surface area contributed by atoms with E-state index in [0.29, 0.717) is 16.7 Å². The van der Waals surface area contributed by atoms with Crippen LogP contribution in [-0.2, 0) is 0 Å². The molecule has 130 valence electrons. The van der Waals surface area contributed by atoms with Crippen molar-refractivity contribution in [3.63, 3.8) is 0 Å². The summed E-state index contributed by atoms with van der Waals surface area (Å²) in [6.07, 6.45) is 3.10. The number of rotatable bonds is 3. The van der Waals surface area contributed by atoms with E-state index >= 15 is 0 Å². The zero-order valence-electron chi connectivity index (χ0n) is 14.1. The fraction of sp³-hybridized carbons (Fsp3) is 0. The normalized spacial score (nSPS) is 11.1. The Labute approximate surface area is 153 Å². The van der Waals surface area contributed by atoms with Crippen molar-refractivity contribution in [2.45, 2.75) is 0 Å². The molecular weight excluding hydrogens is 340 g/mol. The highest BCUT2D eigenvalue weighted by Gasteiger charge is 2.08. The summed E-state index contributed by atoms with van der Waals surface area (Å²) >= 11 is 0. The molecule has 5 aromatic rings. The van der Waals surface area contributed by atoms with Gasteiger partial charge in [0.2, 0.25) is 0 Å². The highest BCUT2D eigenvalue weighted by molar-refractivity contribution is 5.87. The molecule has 3 aromatic heterocycles. The average molecular weight is 354 g/mol. The topological polar surface area (TPSA) is 83.7 Å². The van der Waals surface area contributed by atoms with Crippen LogP contribution in [0.5, 0.6) is 11.8 Å². The monoisotopic (exact) mass is 354 g/mol. The summed E-state index contributed by atoms with van der Waals surface area (Å²) in [6, 6.07) is 19.6. The van der Waals surface area contributed by atoms with Crippen LogP contribution in [0.15, 0.2) is 77.9 Å². The fourth-order valence-corrected chi connectivity index (χ4v) is 3.08. The van der Waals surface area contributed by atoms with E-state index in [1.54, 1.807) is 18.5 Å². The van der Waals surface area contributed by atoms with Crippen molar-refractivity contribution >= 4 is 21.8 Å². The number of hydrogen-bond acceptors (Lipinski definition) is 4. The zero-order chi connectivity index (χ0) is 18.2. The number of pyridine rings is 1. The molecule has 0 fully saturated rings. The third kappa shape index (κ3) is 2.83. The first-order valence-corrected chi connectivity index (χ1v) is 8.46. The predicted octanol–water partition coefficient (Wildman–Crippen LogP) is 4.26. The molecule has 0 aliphatic rings. The van der Waals surface area contributed by atoms with Gasteiger partial charge in [-0.3, -0.25) is 14.8 Å². The van der Waals surface area contributed by atoms with Crippen LogP contribution in [0.4, 0.5) is 0 Å². The first kappa shape index (κ1) is 15.3. The Morgan fingerprint density at radius 2 is 1.81 bits per heavy atom. The lowest BCUT2D eigenvalue weighted by Gasteiger charge is -2.05. The van der Waals surface area contributed by atoms with Gasteiger partial charge in [0.1, 0.15) is 5.75 Å². The minimum atomic E-state index is -0.258. The second kappa shape index (κ2) is 6.10. The van der Waals surface area contributed by atoms with Crippen LogP contribution in [0, 0.1) is 0 Å². The van der Waals surface area contributed by atoms with Crippen molar-refractivity contribution in [3.05, 3.63) is 83.4 Å². The third-order valence-electron chi connectivity index (χ3n) is 4.38. The van der Waals surface area contributed by atoms with Crippen LogP contribution in [0.25, 0.3) is 33.1 Å². The molecular formula is C21H14N4O2. The van der Waals surface area contributed by atoms with Gasteiger partial charge in [-0.15, -0.1) is 0 Å². The second-order valence-electron chi connectivity index (χ2n) is 6.16. The molecule has 6 nitrogen and oxygen atoms in total. The first-order valence-electron chi connectivity index (χ1n) is 8.46. The van der Waals surface area contributed by atoms with E-state index in [0.717, 1.165) is 22.2 Å². The Morgan fingerprint density at radius 3 is 2.70 bits per heavy atom. The Morgan fingerprint density at radius 1 is 0.926 bits per heavy atom. The summed E-state index contributed by atoms with van der Waals surface area (Å²) in [4.78, 5) is 26.5. The van der Waals surface area contributed by atoms with Crippen molar-refractivity contribution in [3.8, 4) is 23.0 Å². The predicted molar refractivity (Wildman–Crippen MR) is 104 cm³/mol. The smallest absolute Gasteiger partial charge is 0.302 e. The number of ether oxygens (including phenoxy) is 1. The Kier molecular flexibility index (Phi) is 3.47. The van der Waals surface area contributed by atoms with E-state index in [1.807, 2.05) is 36.4 Å². The summed E-state index contributed by atoms with van der Waals surface area (Å²) in [6.45, 7) is 0. The van der Waals surface area contributed by atoms with Crippen LogP contribution in [-0.4, -0.2) is 19.9 Å². The van der Waals surface area contributed by atoms with Gasteiger partial charge in [-0.1, -0.05) is 30.3 Å². The van der Waals surface area contributed by atoms with Gasteiger partial charge in [0.15, 0.2) is 0 Å². The quantitative estimate of drug-likeness (QED) is 0.507. The molecule has 3 heterocycles. The number of nitrogens with one attached hydrogen (secondary N) is 2. The van der Waals surface area contributed by atoms with Gasteiger partial charge in [0, 0.05) is 22.8 Å². The Bertz CT molecular complexity index is 1320. The molecule has 2 aromatic carbocycles. The minimum Gasteiger partial charge on any atom is -0.426 e. The summed E-state index contributed by atoms with van der Waals surface area (Å²) in [5.41, 5.74) is 3.39. The van der Waals surface area contributed by atoms with Crippen molar-refractivity contribution in [2.24, 2.45) is 0 Å². The van der Waals surface area contributed by atoms with Crippen molar-refractivity contribution in [1.29, 1.82) is 0 Å². The van der Waals surface area contributed by atoms with E-state index in [-0.39, 0.29) is 11.6 Å². The lowest BCUT2D eigenvalue weighted by molar-refractivity contribution is 0.443. The van der Waals surface area contributed by atoms with Crippen LogP contribution in [0.1, 0.15) is 0 Å². The van der Waals surface area contributed by atoms with Gasteiger partial charge in [-0.2, -0.15) is 4.98 Å². The van der Waals surface area contributed by atoms with E-state index in [2.05, 4.69) is 38.1 Å². The highest BCUT2D eigenvalue weighted by Crippen LogP contribution is 2.28. The molecule has 2 N–H and O–H groups in total. The molecule has 0 radical (unpaired) electrons. The van der Waals surface area contributed by atoms with E-state index in [4.69, 9.17) is 4.74 Å². The Balaban J connectivity index is 1.51. The van der Waals surface area contributed by atoms with Crippen LogP contribution >= 0.6 is 0 Å². The minimum absolute atomic E-state index is 0.138. The maximum atomic E-state index is 12.2. The largest absolute Gasteiger partial charge is 0.426 e. The van der Waals surface area contributed by atoms with Gasteiger partial charge in [-0.25, -0.2) is 0 Å². The SMILES string of the molecule is O=c1[nH]c(Oc2ccc3[nH]c(-c4ccccc4)cc3c2)nc2cnccc12. The lowest BCUT2D eigenvalue weighted by Crippen LogP contribution is -2.09. The number of aromatic nitrogens is 4. The molecule has 0 spiro atoms. The second-order valence-corrected chi connectivity index (χ2v) is 6.16.